The fraction of sp³-hybridized carbons (Fsp3) is 0.455. The number of hydrogen-bond acceptors (Lipinski definition) is 5. The van der Waals surface area contributed by atoms with Crippen LogP contribution < -0.4 is 10.5 Å². The summed E-state index contributed by atoms with van der Waals surface area (Å²) in [5, 5.41) is 1.75. The average molecular weight is 304 g/mol. The van der Waals surface area contributed by atoms with Crippen LogP contribution >= 0.6 is 11.3 Å². The van der Waals surface area contributed by atoms with Gasteiger partial charge in [0.05, 0.1) is 0 Å². The van der Waals surface area contributed by atoms with Crippen LogP contribution in [0.1, 0.15) is 20.3 Å². The van der Waals surface area contributed by atoms with Crippen molar-refractivity contribution in [2.24, 2.45) is 11.7 Å². The molecule has 2 amide bonds. The lowest BCUT2D eigenvalue weighted by molar-refractivity contribution is -0.128. The van der Waals surface area contributed by atoms with Gasteiger partial charge in [0.1, 0.15) is 11.4 Å². The lowest BCUT2D eigenvalue weighted by atomic mass is 10.1. The van der Waals surface area contributed by atoms with Gasteiger partial charge in [-0.2, -0.15) is 4.72 Å². The van der Waals surface area contributed by atoms with Crippen molar-refractivity contribution in [3.63, 3.8) is 0 Å². The summed E-state index contributed by atoms with van der Waals surface area (Å²) >= 11 is -0.381. The van der Waals surface area contributed by atoms with Gasteiger partial charge >= 0.3 is 12.0 Å². The molecule has 19 heavy (non-hydrogen) atoms. The lowest BCUT2D eigenvalue weighted by Gasteiger charge is -2.18. The number of nitrogens with one attached hydrogen (secondary N) is 1. The van der Waals surface area contributed by atoms with E-state index in [0.29, 0.717) is 10.6 Å². The highest BCUT2D eigenvalue weighted by molar-refractivity contribution is 7.92. The number of ether oxygens (including phenoxy) is 1. The molecule has 1 aromatic rings. The van der Waals surface area contributed by atoms with Crippen molar-refractivity contribution in [3.8, 4) is 0 Å². The molecule has 0 fully saturated rings. The minimum atomic E-state index is -1.65. The minimum absolute atomic E-state index is 0.130. The van der Waals surface area contributed by atoms with Gasteiger partial charge in [-0.05, 0) is 23.8 Å². The van der Waals surface area contributed by atoms with Gasteiger partial charge in [0.15, 0.2) is 6.10 Å². The maximum absolute atomic E-state index is 11.9. The summed E-state index contributed by atoms with van der Waals surface area (Å²) in [5.41, 5.74) is 4.92. The van der Waals surface area contributed by atoms with E-state index in [1.165, 1.54) is 11.3 Å². The molecule has 0 aromatic carbocycles. The zero-order chi connectivity index (χ0) is 14.4. The van der Waals surface area contributed by atoms with Crippen LogP contribution in [-0.4, -0.2) is 22.7 Å². The van der Waals surface area contributed by atoms with Gasteiger partial charge in [0, 0.05) is 6.07 Å². The van der Waals surface area contributed by atoms with Crippen molar-refractivity contribution in [2.45, 2.75) is 30.6 Å². The minimum Gasteiger partial charge on any atom is -0.587 e. The second-order valence-electron chi connectivity index (χ2n) is 4.22. The molecule has 2 atom stereocenters. The third-order valence-electron chi connectivity index (χ3n) is 2.11. The Hall–Kier alpha value is -1.25. The summed E-state index contributed by atoms with van der Waals surface area (Å²) in [6.07, 6.45) is -1.74. The Kier molecular flexibility index (Phi) is 6.13. The zero-order valence-electron chi connectivity index (χ0n) is 10.6. The molecule has 0 spiro atoms. The quantitative estimate of drug-likeness (QED) is 0.775. The first kappa shape index (κ1) is 15.8. The molecule has 8 heteroatoms. The first-order valence-electron chi connectivity index (χ1n) is 5.62. The second-order valence-corrected chi connectivity index (χ2v) is 6.61. The second kappa shape index (κ2) is 7.37. The highest BCUT2D eigenvalue weighted by Crippen LogP contribution is 2.16. The van der Waals surface area contributed by atoms with Crippen LogP contribution in [0.4, 0.5) is 4.79 Å². The fourth-order valence-corrected chi connectivity index (χ4v) is 3.06. The Labute approximate surface area is 118 Å². The highest BCUT2D eigenvalue weighted by Gasteiger charge is 2.28. The van der Waals surface area contributed by atoms with Crippen LogP contribution in [0.2, 0.25) is 0 Å². The predicted octanol–water partition coefficient (Wildman–Crippen LogP) is 1.40. The van der Waals surface area contributed by atoms with Crippen LogP contribution in [-0.2, 0) is 20.9 Å². The highest BCUT2D eigenvalue weighted by atomic mass is 32.2. The summed E-state index contributed by atoms with van der Waals surface area (Å²) in [5.74, 6) is -0.482. The van der Waals surface area contributed by atoms with Gasteiger partial charge in [-0.25, -0.2) is 4.79 Å². The SMILES string of the molecule is CC(C)C[C@H](OC(N)=O)C(=O)N[S+]([O-])c1cccs1. The van der Waals surface area contributed by atoms with Gasteiger partial charge in [-0.3, -0.25) is 4.79 Å². The molecule has 0 radical (unpaired) electrons. The summed E-state index contributed by atoms with van der Waals surface area (Å²) < 4.78 is 19.4. The van der Waals surface area contributed by atoms with Crippen molar-refractivity contribution in [2.75, 3.05) is 0 Å². The van der Waals surface area contributed by atoms with Gasteiger partial charge in [0.25, 0.3) is 0 Å². The van der Waals surface area contributed by atoms with Crippen LogP contribution in [0.15, 0.2) is 21.7 Å². The van der Waals surface area contributed by atoms with E-state index >= 15 is 0 Å². The van der Waals surface area contributed by atoms with Crippen molar-refractivity contribution >= 4 is 34.7 Å². The molecular weight excluding hydrogens is 288 g/mol. The molecule has 0 saturated carbocycles. The van der Waals surface area contributed by atoms with E-state index in [4.69, 9.17) is 10.5 Å². The van der Waals surface area contributed by atoms with Crippen molar-refractivity contribution in [3.05, 3.63) is 17.5 Å². The summed E-state index contributed by atoms with van der Waals surface area (Å²) in [4.78, 5) is 22.6. The Morgan fingerprint density at radius 3 is 2.74 bits per heavy atom. The summed E-state index contributed by atoms with van der Waals surface area (Å²) in [7, 11) is 0. The van der Waals surface area contributed by atoms with Crippen molar-refractivity contribution in [1.29, 1.82) is 0 Å². The average Bonchev–Trinajstić information content (AvgIpc) is 2.79. The normalized spacial score (nSPS) is 13.9. The van der Waals surface area contributed by atoms with E-state index in [1.807, 2.05) is 13.8 Å². The molecule has 0 aliphatic heterocycles. The third-order valence-corrected chi connectivity index (χ3v) is 4.40. The number of nitrogens with two attached hydrogens (primary N) is 1. The van der Waals surface area contributed by atoms with Crippen LogP contribution in [0, 0.1) is 5.92 Å². The molecule has 0 aliphatic carbocycles. The number of carbonyl (C=O) groups is 2. The molecule has 1 heterocycles. The first-order valence-corrected chi connectivity index (χ1v) is 7.65. The Balaban J connectivity index is 2.63. The molecule has 1 aromatic heterocycles. The Bertz CT molecular complexity index is 422. The topological polar surface area (TPSA) is 104 Å². The van der Waals surface area contributed by atoms with E-state index in [-0.39, 0.29) is 5.92 Å². The van der Waals surface area contributed by atoms with Gasteiger partial charge in [-0.1, -0.05) is 25.2 Å². The van der Waals surface area contributed by atoms with Gasteiger partial charge in [-0.15, -0.1) is 0 Å². The van der Waals surface area contributed by atoms with E-state index in [2.05, 4.69) is 4.72 Å². The first-order chi connectivity index (χ1) is 8.90. The number of rotatable bonds is 6. The number of carbonyl (C=O) groups excluding carboxylic acids is 2. The molecule has 0 bridgehead atoms. The monoisotopic (exact) mass is 304 g/mol. The lowest BCUT2D eigenvalue weighted by Crippen LogP contribution is -2.42. The molecule has 3 N–H and O–H groups in total. The Morgan fingerprint density at radius 1 is 1.58 bits per heavy atom. The van der Waals surface area contributed by atoms with Crippen LogP contribution in [0.5, 0.6) is 0 Å². The summed E-state index contributed by atoms with van der Waals surface area (Å²) in [6, 6.07) is 3.38. The largest absolute Gasteiger partial charge is 0.587 e. The third kappa shape index (κ3) is 5.50. The number of primary amides is 1. The molecule has 0 saturated heterocycles. The van der Waals surface area contributed by atoms with Crippen LogP contribution in [0.25, 0.3) is 0 Å². The standard InChI is InChI=1S/C11H16N2O4S2/c1-7(2)6-8(17-11(12)15)10(14)13-19(16)9-4-3-5-18-9/h3-5,7-8H,6H2,1-2H3,(H2,12,15)(H,13,14)/t8-,19?/m0/s1. The number of hydrogen-bond donors (Lipinski definition) is 2. The molecule has 6 nitrogen and oxygen atoms in total. The smallest absolute Gasteiger partial charge is 0.405 e. The molecule has 106 valence electrons. The molecule has 0 aliphatic rings. The molecule has 1 rings (SSSR count). The van der Waals surface area contributed by atoms with Gasteiger partial charge in [0.2, 0.25) is 4.21 Å². The fourth-order valence-electron chi connectivity index (χ4n) is 1.35. The Morgan fingerprint density at radius 2 is 2.26 bits per heavy atom. The predicted molar refractivity (Wildman–Crippen MR) is 72.8 cm³/mol. The van der Waals surface area contributed by atoms with Crippen LogP contribution in [0.3, 0.4) is 0 Å². The van der Waals surface area contributed by atoms with E-state index in [1.54, 1.807) is 17.5 Å². The van der Waals surface area contributed by atoms with Crippen molar-refractivity contribution in [1.82, 2.24) is 4.72 Å². The molecular formula is C11H16N2O4S2. The molecule has 1 unspecified atom stereocenters. The van der Waals surface area contributed by atoms with E-state index in [0.717, 1.165) is 0 Å². The number of amides is 2. The van der Waals surface area contributed by atoms with E-state index in [9.17, 15) is 14.1 Å². The maximum atomic E-state index is 11.9. The maximum Gasteiger partial charge on any atom is 0.405 e. The van der Waals surface area contributed by atoms with Gasteiger partial charge < -0.3 is 15.0 Å². The number of thiophene rings is 1. The van der Waals surface area contributed by atoms with Crippen molar-refractivity contribution < 1.29 is 18.9 Å². The van der Waals surface area contributed by atoms with E-state index < -0.39 is 29.5 Å². The summed E-state index contributed by atoms with van der Waals surface area (Å²) in [6.45, 7) is 3.75. The zero-order valence-corrected chi connectivity index (χ0v) is 12.3.